The maximum atomic E-state index is 10.6. The summed E-state index contributed by atoms with van der Waals surface area (Å²) in [5.74, 6) is 0.843. The second-order valence-corrected chi connectivity index (χ2v) is 8.22. The van der Waals surface area contributed by atoms with E-state index in [-0.39, 0.29) is 29.4 Å². The first-order valence-electron chi connectivity index (χ1n) is 10.5. The van der Waals surface area contributed by atoms with Gasteiger partial charge in [0.25, 0.3) is 0 Å². The van der Waals surface area contributed by atoms with Crippen LogP contribution in [0.5, 0.6) is 11.5 Å². The van der Waals surface area contributed by atoms with Crippen molar-refractivity contribution in [1.29, 1.82) is 0 Å². The molecule has 3 rings (SSSR count). The van der Waals surface area contributed by atoms with Crippen LogP contribution < -0.4 is 5.73 Å². The van der Waals surface area contributed by atoms with Gasteiger partial charge in [-0.05, 0) is 66.1 Å². The fraction of sp³-hybridized carbons (Fsp3) is 0.308. The number of rotatable bonds is 9. The number of hydrogen-bond acceptors (Lipinski definition) is 4. The molecule has 0 saturated heterocycles. The summed E-state index contributed by atoms with van der Waals surface area (Å²) in [5.41, 5.74) is 9.51. The number of benzene rings is 3. The Balaban J connectivity index is 1.67. The van der Waals surface area contributed by atoms with Crippen LogP contribution in [0, 0.1) is 5.92 Å². The van der Waals surface area contributed by atoms with Crippen molar-refractivity contribution in [1.82, 2.24) is 0 Å². The molecule has 0 radical (unpaired) electrons. The Hall–Kier alpha value is -2.82. The van der Waals surface area contributed by atoms with E-state index in [2.05, 4.69) is 6.92 Å². The van der Waals surface area contributed by atoms with Gasteiger partial charge >= 0.3 is 0 Å². The molecule has 0 spiro atoms. The molecule has 0 aromatic heterocycles. The van der Waals surface area contributed by atoms with Crippen LogP contribution in [0.25, 0.3) is 0 Å². The monoisotopic (exact) mass is 405 g/mol. The van der Waals surface area contributed by atoms with Gasteiger partial charge < -0.3 is 21.1 Å². The predicted octanol–water partition coefficient (Wildman–Crippen LogP) is 5.10. The molecule has 4 nitrogen and oxygen atoms in total. The molecule has 0 aliphatic rings. The lowest BCUT2D eigenvalue weighted by atomic mass is 9.82. The van der Waals surface area contributed by atoms with E-state index in [0.29, 0.717) is 12.8 Å². The van der Waals surface area contributed by atoms with Gasteiger partial charge in [0.15, 0.2) is 0 Å². The van der Waals surface area contributed by atoms with Gasteiger partial charge in [0.1, 0.15) is 11.5 Å². The van der Waals surface area contributed by atoms with E-state index in [1.54, 1.807) is 24.3 Å². The summed E-state index contributed by atoms with van der Waals surface area (Å²) in [4.78, 5) is 0. The maximum Gasteiger partial charge on any atom is 0.115 e. The van der Waals surface area contributed by atoms with Gasteiger partial charge in [-0.3, -0.25) is 0 Å². The minimum absolute atomic E-state index is 0.108. The standard InChI is InChI=1S/C26H31NO3/c1-18(15-24(30)17-26(27)21-5-3-2-4-6-21)16-25(19-7-11-22(28)12-8-19)20-9-13-23(29)14-10-20/h2-14,18,24-26,28-30H,15-17,27H2,1H3. The van der Waals surface area contributed by atoms with Crippen molar-refractivity contribution in [3.05, 3.63) is 95.6 Å². The van der Waals surface area contributed by atoms with Gasteiger partial charge in [-0.1, -0.05) is 61.5 Å². The lowest BCUT2D eigenvalue weighted by molar-refractivity contribution is 0.125. The van der Waals surface area contributed by atoms with Crippen LogP contribution in [-0.4, -0.2) is 21.4 Å². The summed E-state index contributed by atoms with van der Waals surface area (Å²) >= 11 is 0. The second-order valence-electron chi connectivity index (χ2n) is 8.22. The van der Waals surface area contributed by atoms with Gasteiger partial charge in [0, 0.05) is 12.0 Å². The summed E-state index contributed by atoms with van der Waals surface area (Å²) in [6.45, 7) is 2.14. The van der Waals surface area contributed by atoms with Crippen LogP contribution in [0.2, 0.25) is 0 Å². The largest absolute Gasteiger partial charge is 0.508 e. The van der Waals surface area contributed by atoms with Crippen molar-refractivity contribution >= 4 is 0 Å². The fourth-order valence-corrected chi connectivity index (χ4v) is 4.07. The highest BCUT2D eigenvalue weighted by molar-refractivity contribution is 5.37. The van der Waals surface area contributed by atoms with Crippen LogP contribution in [-0.2, 0) is 0 Å². The quantitative estimate of drug-likeness (QED) is 0.399. The molecule has 4 heteroatoms. The number of phenols is 2. The topological polar surface area (TPSA) is 86.7 Å². The minimum Gasteiger partial charge on any atom is -0.508 e. The average molecular weight is 406 g/mol. The fourth-order valence-electron chi connectivity index (χ4n) is 4.07. The van der Waals surface area contributed by atoms with Gasteiger partial charge in [-0.25, -0.2) is 0 Å². The smallest absolute Gasteiger partial charge is 0.115 e. The SMILES string of the molecule is CC(CC(O)CC(N)c1ccccc1)CC(c1ccc(O)cc1)c1ccc(O)cc1. The van der Waals surface area contributed by atoms with E-state index in [1.807, 2.05) is 54.6 Å². The lowest BCUT2D eigenvalue weighted by Crippen LogP contribution is -2.21. The molecular weight excluding hydrogens is 374 g/mol. The molecule has 0 amide bonds. The van der Waals surface area contributed by atoms with Crippen molar-refractivity contribution in [2.24, 2.45) is 11.7 Å². The number of phenolic OH excluding ortho intramolecular Hbond substituents is 2. The van der Waals surface area contributed by atoms with Gasteiger partial charge in [0.2, 0.25) is 0 Å². The molecule has 158 valence electrons. The lowest BCUT2D eigenvalue weighted by Gasteiger charge is -2.25. The molecule has 0 aliphatic carbocycles. The van der Waals surface area contributed by atoms with E-state index in [1.165, 1.54) is 0 Å². The molecular formula is C26H31NO3. The van der Waals surface area contributed by atoms with E-state index in [0.717, 1.165) is 23.1 Å². The molecule has 5 N–H and O–H groups in total. The van der Waals surface area contributed by atoms with Crippen molar-refractivity contribution in [2.75, 3.05) is 0 Å². The van der Waals surface area contributed by atoms with Crippen molar-refractivity contribution in [3.63, 3.8) is 0 Å². The summed E-state index contributed by atoms with van der Waals surface area (Å²) in [5, 5.41) is 29.9. The Morgan fingerprint density at radius 1 is 0.667 bits per heavy atom. The molecule has 0 bridgehead atoms. The first-order chi connectivity index (χ1) is 14.4. The van der Waals surface area contributed by atoms with Crippen LogP contribution in [0.4, 0.5) is 0 Å². The minimum atomic E-state index is -0.476. The number of aliphatic hydroxyl groups excluding tert-OH is 1. The Morgan fingerprint density at radius 3 is 1.67 bits per heavy atom. The third-order valence-corrected chi connectivity index (χ3v) is 5.66. The normalized spacial score (nSPS) is 14.4. The Kier molecular flexibility index (Phi) is 7.50. The van der Waals surface area contributed by atoms with Gasteiger partial charge in [-0.15, -0.1) is 0 Å². The number of nitrogens with two attached hydrogens (primary N) is 1. The van der Waals surface area contributed by atoms with E-state index >= 15 is 0 Å². The van der Waals surface area contributed by atoms with E-state index in [9.17, 15) is 15.3 Å². The Labute approximate surface area is 178 Å². The molecule has 3 aromatic rings. The predicted molar refractivity (Wildman–Crippen MR) is 120 cm³/mol. The highest BCUT2D eigenvalue weighted by Gasteiger charge is 2.21. The van der Waals surface area contributed by atoms with Gasteiger partial charge in [-0.2, -0.15) is 0 Å². The number of aliphatic hydroxyl groups is 1. The molecule has 3 unspecified atom stereocenters. The summed E-state index contributed by atoms with van der Waals surface area (Å²) in [6, 6.07) is 24.2. The summed E-state index contributed by atoms with van der Waals surface area (Å²) in [6.07, 6.45) is 1.55. The number of aromatic hydroxyl groups is 2. The highest BCUT2D eigenvalue weighted by atomic mass is 16.3. The zero-order valence-electron chi connectivity index (χ0n) is 17.4. The summed E-state index contributed by atoms with van der Waals surface area (Å²) < 4.78 is 0. The molecule has 3 atom stereocenters. The molecule has 30 heavy (non-hydrogen) atoms. The van der Waals surface area contributed by atoms with Crippen molar-refractivity contribution < 1.29 is 15.3 Å². The first kappa shape index (κ1) is 21.9. The van der Waals surface area contributed by atoms with Gasteiger partial charge in [0.05, 0.1) is 6.10 Å². The molecule has 0 heterocycles. The zero-order valence-corrected chi connectivity index (χ0v) is 17.4. The number of hydrogen-bond donors (Lipinski definition) is 4. The third-order valence-electron chi connectivity index (χ3n) is 5.66. The molecule has 3 aromatic carbocycles. The Bertz CT molecular complexity index is 848. The third kappa shape index (κ3) is 6.09. The molecule has 0 fully saturated rings. The van der Waals surface area contributed by atoms with Crippen LogP contribution >= 0.6 is 0 Å². The van der Waals surface area contributed by atoms with Crippen LogP contribution in [0.3, 0.4) is 0 Å². The molecule has 0 aliphatic heterocycles. The van der Waals surface area contributed by atoms with Crippen LogP contribution in [0.1, 0.15) is 54.8 Å². The maximum absolute atomic E-state index is 10.6. The Morgan fingerprint density at radius 2 is 1.17 bits per heavy atom. The van der Waals surface area contributed by atoms with E-state index in [4.69, 9.17) is 5.73 Å². The second kappa shape index (κ2) is 10.3. The van der Waals surface area contributed by atoms with Crippen LogP contribution in [0.15, 0.2) is 78.9 Å². The van der Waals surface area contributed by atoms with Crippen molar-refractivity contribution in [2.45, 2.75) is 44.2 Å². The first-order valence-corrected chi connectivity index (χ1v) is 10.5. The zero-order chi connectivity index (χ0) is 21.5. The summed E-state index contributed by atoms with van der Waals surface area (Å²) in [7, 11) is 0. The molecule has 0 saturated carbocycles. The average Bonchev–Trinajstić information content (AvgIpc) is 2.74. The highest BCUT2D eigenvalue weighted by Crippen LogP contribution is 2.34. The van der Waals surface area contributed by atoms with E-state index < -0.39 is 6.10 Å². The van der Waals surface area contributed by atoms with Crippen molar-refractivity contribution in [3.8, 4) is 11.5 Å².